The molecule has 2 aromatic rings. The molecule has 0 atom stereocenters. The zero-order valence-corrected chi connectivity index (χ0v) is 22.6. The largest absolute Gasteiger partial charge is 2.00 e. The molecular weight excluding hydrogens is 478 g/mol. The van der Waals surface area contributed by atoms with Crippen LogP contribution in [0.25, 0.3) is 0 Å². The van der Waals surface area contributed by atoms with Crippen molar-refractivity contribution >= 4 is 11.9 Å². The first-order chi connectivity index (χ1) is 15.5. The number of pyridine rings is 2. The fourth-order valence-electron chi connectivity index (χ4n) is 2.74. The summed E-state index contributed by atoms with van der Waals surface area (Å²) >= 11 is 0. The first kappa shape index (κ1) is 30.5. The molecule has 8 nitrogen and oxygen atoms in total. The van der Waals surface area contributed by atoms with E-state index in [1.54, 1.807) is 24.3 Å². The molecular formula is C24H32N2O6Zn. The second-order valence-corrected chi connectivity index (χ2v) is 7.09. The van der Waals surface area contributed by atoms with Gasteiger partial charge in [0.05, 0.1) is 25.2 Å². The predicted molar refractivity (Wildman–Crippen MR) is 116 cm³/mol. The Labute approximate surface area is 208 Å². The van der Waals surface area contributed by atoms with Crippen LogP contribution in [0, 0.1) is 0 Å². The monoisotopic (exact) mass is 508 g/mol. The molecule has 176 valence electrons. The van der Waals surface area contributed by atoms with E-state index in [1.165, 1.54) is 25.2 Å². The van der Waals surface area contributed by atoms with Crippen LogP contribution in [0.5, 0.6) is 11.5 Å². The maximum atomic E-state index is 10.7. The third-order valence-electron chi connectivity index (χ3n) is 4.44. The van der Waals surface area contributed by atoms with Gasteiger partial charge in [-0.25, -0.2) is 0 Å². The maximum Gasteiger partial charge on any atom is 2.00 e. The number of aromatic nitrogens is 2. The van der Waals surface area contributed by atoms with E-state index in [-0.39, 0.29) is 30.9 Å². The molecule has 33 heavy (non-hydrogen) atoms. The molecule has 0 aliphatic carbocycles. The van der Waals surface area contributed by atoms with Gasteiger partial charge in [0.1, 0.15) is 22.9 Å². The van der Waals surface area contributed by atoms with Gasteiger partial charge in [-0.05, 0) is 37.1 Å². The number of carboxylic acid groups (broad SMARTS) is 2. The Kier molecular flexibility index (Phi) is 17.5. The van der Waals surface area contributed by atoms with Crippen LogP contribution in [0.4, 0.5) is 0 Å². The van der Waals surface area contributed by atoms with Gasteiger partial charge in [-0.2, -0.15) is 0 Å². The van der Waals surface area contributed by atoms with Crippen LogP contribution in [-0.2, 0) is 19.5 Å². The number of carbonyl (C=O) groups excluding carboxylic acids is 2. The van der Waals surface area contributed by atoms with Crippen molar-refractivity contribution < 1.29 is 48.8 Å². The number of aromatic carboxylic acids is 2. The SMILES string of the molecule is CCCCCCOc1cccnc1C(=O)[O-].CCCCCCOc1cccnc1C(=O)[O-].[Zn+2]. The van der Waals surface area contributed by atoms with Crippen LogP contribution in [0.2, 0.25) is 0 Å². The third-order valence-corrected chi connectivity index (χ3v) is 4.44. The fraction of sp³-hybridized carbons (Fsp3) is 0.500. The standard InChI is InChI=1S/2C12H17NO3.Zn/c2*1-2-3-4-5-9-16-10-7-6-8-13-11(10)12(14)15;/h2*6-8H,2-5,9H2,1H3,(H,14,15);/q;;+2/p-2. The number of nitrogens with zero attached hydrogens (tertiary/aromatic N) is 2. The molecule has 0 aliphatic heterocycles. The molecule has 0 radical (unpaired) electrons. The van der Waals surface area contributed by atoms with Crippen LogP contribution in [-0.4, -0.2) is 35.1 Å². The van der Waals surface area contributed by atoms with Crippen molar-refractivity contribution in [2.45, 2.75) is 65.2 Å². The molecule has 0 amide bonds. The average molecular weight is 510 g/mol. The number of carboxylic acids is 2. The molecule has 9 heteroatoms. The van der Waals surface area contributed by atoms with Crippen molar-refractivity contribution in [3.05, 3.63) is 48.0 Å². The second-order valence-electron chi connectivity index (χ2n) is 7.09. The van der Waals surface area contributed by atoms with Crippen LogP contribution in [0.3, 0.4) is 0 Å². The summed E-state index contributed by atoms with van der Waals surface area (Å²) < 4.78 is 10.7. The molecule has 2 heterocycles. The van der Waals surface area contributed by atoms with Crippen molar-refractivity contribution in [1.82, 2.24) is 9.97 Å². The van der Waals surface area contributed by atoms with Crippen molar-refractivity contribution in [2.75, 3.05) is 13.2 Å². The topological polar surface area (TPSA) is 124 Å². The summed E-state index contributed by atoms with van der Waals surface area (Å²) in [5, 5.41) is 21.4. The fourth-order valence-corrected chi connectivity index (χ4v) is 2.74. The number of unbranched alkanes of at least 4 members (excludes halogenated alkanes) is 6. The summed E-state index contributed by atoms with van der Waals surface area (Å²) in [6, 6.07) is 6.48. The Morgan fingerprint density at radius 2 is 1.12 bits per heavy atom. The van der Waals surface area contributed by atoms with E-state index in [0.29, 0.717) is 24.7 Å². The summed E-state index contributed by atoms with van der Waals surface area (Å²) in [4.78, 5) is 28.8. The van der Waals surface area contributed by atoms with Gasteiger partial charge in [-0.1, -0.05) is 52.4 Å². The Hall–Kier alpha value is -2.54. The van der Waals surface area contributed by atoms with E-state index in [2.05, 4.69) is 23.8 Å². The molecule has 0 N–H and O–H groups in total. The van der Waals surface area contributed by atoms with E-state index in [1.807, 2.05) is 0 Å². The van der Waals surface area contributed by atoms with Gasteiger partial charge in [0.2, 0.25) is 0 Å². The third kappa shape index (κ3) is 12.9. The normalized spacial score (nSPS) is 9.76. The average Bonchev–Trinajstić information content (AvgIpc) is 2.79. The van der Waals surface area contributed by atoms with Crippen LogP contribution in [0.1, 0.15) is 86.2 Å². The van der Waals surface area contributed by atoms with Crippen molar-refractivity contribution in [2.24, 2.45) is 0 Å². The molecule has 0 saturated heterocycles. The van der Waals surface area contributed by atoms with Gasteiger partial charge in [0.15, 0.2) is 0 Å². The van der Waals surface area contributed by atoms with E-state index >= 15 is 0 Å². The Morgan fingerprint density at radius 1 is 0.727 bits per heavy atom. The minimum absolute atomic E-state index is 0. The molecule has 2 aromatic heterocycles. The predicted octanol–water partition coefficient (Wildman–Crippen LogP) is 2.81. The molecule has 0 fully saturated rings. The molecule has 0 saturated carbocycles. The van der Waals surface area contributed by atoms with Gasteiger partial charge in [0, 0.05) is 12.4 Å². The Balaban J connectivity index is 0.000000602. The summed E-state index contributed by atoms with van der Waals surface area (Å²) in [7, 11) is 0. The van der Waals surface area contributed by atoms with E-state index < -0.39 is 11.9 Å². The van der Waals surface area contributed by atoms with Crippen LogP contribution < -0.4 is 19.7 Å². The minimum Gasteiger partial charge on any atom is -0.543 e. The first-order valence-corrected chi connectivity index (χ1v) is 11.1. The summed E-state index contributed by atoms with van der Waals surface area (Å²) in [5.41, 5.74) is -0.254. The Bertz CT molecular complexity index is 752. The smallest absolute Gasteiger partial charge is 0.543 e. The number of ether oxygens (including phenoxy) is 2. The van der Waals surface area contributed by atoms with Gasteiger partial charge in [0.25, 0.3) is 0 Å². The molecule has 0 bridgehead atoms. The van der Waals surface area contributed by atoms with E-state index in [4.69, 9.17) is 9.47 Å². The van der Waals surface area contributed by atoms with Crippen LogP contribution in [0.15, 0.2) is 36.7 Å². The maximum absolute atomic E-state index is 10.7. The minimum atomic E-state index is -1.30. The van der Waals surface area contributed by atoms with Gasteiger partial charge in [-0.3, -0.25) is 9.97 Å². The van der Waals surface area contributed by atoms with Gasteiger partial charge in [-0.15, -0.1) is 0 Å². The van der Waals surface area contributed by atoms with Gasteiger partial charge >= 0.3 is 19.5 Å². The molecule has 0 aromatic carbocycles. The summed E-state index contributed by atoms with van der Waals surface area (Å²) in [6.45, 7) is 5.31. The second kappa shape index (κ2) is 19.0. The molecule has 0 aliphatic rings. The summed E-state index contributed by atoms with van der Waals surface area (Å²) in [6.07, 6.45) is 11.5. The number of carbonyl (C=O) groups is 2. The van der Waals surface area contributed by atoms with Crippen molar-refractivity contribution in [3.8, 4) is 11.5 Å². The number of rotatable bonds is 14. The number of hydrogen-bond donors (Lipinski definition) is 0. The first-order valence-electron chi connectivity index (χ1n) is 11.1. The molecule has 0 spiro atoms. The van der Waals surface area contributed by atoms with Crippen LogP contribution >= 0.6 is 0 Å². The molecule has 2 rings (SSSR count). The van der Waals surface area contributed by atoms with Crippen molar-refractivity contribution in [3.63, 3.8) is 0 Å². The summed E-state index contributed by atoms with van der Waals surface area (Å²) in [5.74, 6) is -2.02. The molecule has 0 unspecified atom stereocenters. The van der Waals surface area contributed by atoms with E-state index in [0.717, 1.165) is 38.5 Å². The zero-order chi connectivity index (χ0) is 23.6. The van der Waals surface area contributed by atoms with E-state index in [9.17, 15) is 19.8 Å². The quantitative estimate of drug-likeness (QED) is 0.281. The number of hydrogen-bond acceptors (Lipinski definition) is 8. The Morgan fingerprint density at radius 3 is 1.45 bits per heavy atom. The van der Waals surface area contributed by atoms with Crippen molar-refractivity contribution in [1.29, 1.82) is 0 Å². The van der Waals surface area contributed by atoms with Gasteiger partial charge < -0.3 is 29.3 Å². The zero-order valence-electron chi connectivity index (χ0n) is 19.6.